The molecule has 0 spiro atoms. The Kier molecular flexibility index (Phi) is 4.60. The van der Waals surface area contributed by atoms with E-state index in [0.29, 0.717) is 0 Å². The zero-order chi connectivity index (χ0) is 12.2. The molecule has 16 heavy (non-hydrogen) atoms. The molecule has 0 aliphatic carbocycles. The van der Waals surface area contributed by atoms with Gasteiger partial charge in [0, 0.05) is 12.0 Å². The molecule has 0 radical (unpaired) electrons. The van der Waals surface area contributed by atoms with E-state index >= 15 is 0 Å². The van der Waals surface area contributed by atoms with Crippen LogP contribution in [0.1, 0.15) is 65.0 Å². The molecule has 1 heterocycles. The number of aryl methyl sites for hydroxylation is 1. The standard InChI is InChI=1S/C14H25NO/c1-6-10-14(4,5)15-11(3)13-9-8-12(7-2)16-13/h8-9,11,15H,6-7,10H2,1-5H3. The molecule has 0 fully saturated rings. The predicted molar refractivity (Wildman–Crippen MR) is 68.6 cm³/mol. The van der Waals surface area contributed by atoms with Gasteiger partial charge >= 0.3 is 0 Å². The third-order valence-electron chi connectivity index (χ3n) is 2.94. The third-order valence-corrected chi connectivity index (χ3v) is 2.94. The van der Waals surface area contributed by atoms with Crippen molar-refractivity contribution in [3.8, 4) is 0 Å². The highest BCUT2D eigenvalue weighted by molar-refractivity contribution is 5.10. The minimum absolute atomic E-state index is 0.174. The molecule has 1 unspecified atom stereocenters. The van der Waals surface area contributed by atoms with Gasteiger partial charge in [0.15, 0.2) is 0 Å². The second-order valence-electron chi connectivity index (χ2n) is 5.16. The van der Waals surface area contributed by atoms with Crippen LogP contribution >= 0.6 is 0 Å². The molecule has 0 saturated heterocycles. The van der Waals surface area contributed by atoms with Gasteiger partial charge in [-0.05, 0) is 39.3 Å². The van der Waals surface area contributed by atoms with Crippen molar-refractivity contribution < 1.29 is 4.42 Å². The zero-order valence-electron chi connectivity index (χ0n) is 11.3. The molecule has 0 saturated carbocycles. The first kappa shape index (κ1) is 13.3. The Morgan fingerprint density at radius 2 is 2.00 bits per heavy atom. The SMILES string of the molecule is CCCC(C)(C)NC(C)c1ccc(CC)o1. The molecule has 0 aromatic carbocycles. The second kappa shape index (κ2) is 5.53. The van der Waals surface area contributed by atoms with Gasteiger partial charge in [-0.15, -0.1) is 0 Å². The van der Waals surface area contributed by atoms with Crippen molar-refractivity contribution in [2.75, 3.05) is 0 Å². The highest BCUT2D eigenvalue weighted by Crippen LogP contribution is 2.21. The number of rotatable bonds is 6. The largest absolute Gasteiger partial charge is 0.464 e. The second-order valence-corrected chi connectivity index (χ2v) is 5.16. The van der Waals surface area contributed by atoms with E-state index in [4.69, 9.17) is 4.42 Å². The van der Waals surface area contributed by atoms with E-state index < -0.39 is 0 Å². The molecule has 2 heteroatoms. The maximum Gasteiger partial charge on any atom is 0.120 e. The summed E-state index contributed by atoms with van der Waals surface area (Å²) < 4.78 is 5.76. The fraction of sp³-hybridized carbons (Fsp3) is 0.714. The van der Waals surface area contributed by atoms with Gasteiger partial charge in [-0.1, -0.05) is 20.3 Å². The van der Waals surface area contributed by atoms with Gasteiger partial charge in [-0.25, -0.2) is 0 Å². The van der Waals surface area contributed by atoms with Crippen molar-refractivity contribution in [1.29, 1.82) is 0 Å². The van der Waals surface area contributed by atoms with Gasteiger partial charge in [0.05, 0.1) is 6.04 Å². The summed E-state index contributed by atoms with van der Waals surface area (Å²) in [5.41, 5.74) is 0.174. The first-order valence-corrected chi connectivity index (χ1v) is 6.34. The predicted octanol–water partition coefficient (Wildman–Crippen LogP) is 4.07. The lowest BCUT2D eigenvalue weighted by Crippen LogP contribution is -2.40. The highest BCUT2D eigenvalue weighted by atomic mass is 16.3. The first-order chi connectivity index (χ1) is 7.48. The van der Waals surface area contributed by atoms with Crippen LogP contribution in [0.5, 0.6) is 0 Å². The molecule has 0 aliphatic heterocycles. The summed E-state index contributed by atoms with van der Waals surface area (Å²) in [5, 5.41) is 3.62. The van der Waals surface area contributed by atoms with E-state index in [1.807, 2.05) is 0 Å². The van der Waals surface area contributed by atoms with Crippen LogP contribution in [0.3, 0.4) is 0 Å². The van der Waals surface area contributed by atoms with E-state index in [0.717, 1.165) is 17.9 Å². The molecule has 0 aliphatic rings. The maximum absolute atomic E-state index is 5.76. The zero-order valence-corrected chi connectivity index (χ0v) is 11.3. The lowest BCUT2D eigenvalue weighted by atomic mass is 9.97. The molecule has 0 bridgehead atoms. The number of furan rings is 1. The van der Waals surface area contributed by atoms with Crippen molar-refractivity contribution in [3.05, 3.63) is 23.7 Å². The summed E-state index contributed by atoms with van der Waals surface area (Å²) >= 11 is 0. The average molecular weight is 223 g/mol. The Bertz CT molecular complexity index is 314. The number of hydrogen-bond acceptors (Lipinski definition) is 2. The summed E-state index contributed by atoms with van der Waals surface area (Å²) in [6.45, 7) is 11.0. The van der Waals surface area contributed by atoms with Crippen LogP contribution in [-0.4, -0.2) is 5.54 Å². The molecule has 92 valence electrons. The van der Waals surface area contributed by atoms with Gasteiger partial charge < -0.3 is 9.73 Å². The van der Waals surface area contributed by atoms with E-state index in [1.165, 1.54) is 12.8 Å². The van der Waals surface area contributed by atoms with Crippen LogP contribution in [-0.2, 0) is 6.42 Å². The Morgan fingerprint density at radius 3 is 2.50 bits per heavy atom. The molecule has 1 atom stereocenters. The molecule has 1 rings (SSSR count). The van der Waals surface area contributed by atoms with Crippen LogP contribution < -0.4 is 5.32 Å². The minimum Gasteiger partial charge on any atom is -0.464 e. The summed E-state index contributed by atoms with van der Waals surface area (Å²) in [5.74, 6) is 2.11. The van der Waals surface area contributed by atoms with E-state index in [2.05, 4.69) is 52.1 Å². The van der Waals surface area contributed by atoms with Crippen LogP contribution in [0.25, 0.3) is 0 Å². The molecule has 1 aromatic rings. The summed E-state index contributed by atoms with van der Waals surface area (Å²) in [6, 6.07) is 4.43. The monoisotopic (exact) mass is 223 g/mol. The first-order valence-electron chi connectivity index (χ1n) is 6.34. The molecule has 2 nitrogen and oxygen atoms in total. The smallest absolute Gasteiger partial charge is 0.120 e. The van der Waals surface area contributed by atoms with E-state index in [9.17, 15) is 0 Å². The number of hydrogen-bond donors (Lipinski definition) is 1. The lowest BCUT2D eigenvalue weighted by molar-refractivity contribution is 0.295. The summed E-state index contributed by atoms with van der Waals surface area (Å²) in [4.78, 5) is 0. The Hall–Kier alpha value is -0.760. The normalized spacial score (nSPS) is 14.1. The Labute approximate surface area is 99.4 Å². The van der Waals surface area contributed by atoms with Crippen molar-refractivity contribution in [1.82, 2.24) is 5.32 Å². The van der Waals surface area contributed by atoms with Crippen molar-refractivity contribution in [3.63, 3.8) is 0 Å². The summed E-state index contributed by atoms with van der Waals surface area (Å²) in [7, 11) is 0. The quantitative estimate of drug-likeness (QED) is 0.786. The molecule has 1 aromatic heterocycles. The van der Waals surface area contributed by atoms with Crippen molar-refractivity contribution in [2.45, 2.75) is 65.5 Å². The van der Waals surface area contributed by atoms with Crippen LogP contribution in [0.2, 0.25) is 0 Å². The van der Waals surface area contributed by atoms with Crippen LogP contribution in [0.15, 0.2) is 16.5 Å². The lowest BCUT2D eigenvalue weighted by Gasteiger charge is -2.29. The van der Waals surface area contributed by atoms with Crippen LogP contribution in [0, 0.1) is 0 Å². The molecule has 0 amide bonds. The number of nitrogens with one attached hydrogen (secondary N) is 1. The van der Waals surface area contributed by atoms with Crippen molar-refractivity contribution >= 4 is 0 Å². The van der Waals surface area contributed by atoms with Gasteiger partial charge in [0.2, 0.25) is 0 Å². The fourth-order valence-electron chi connectivity index (χ4n) is 2.17. The minimum atomic E-state index is 0.174. The topological polar surface area (TPSA) is 25.2 Å². The average Bonchev–Trinajstić information content (AvgIpc) is 2.64. The molecule has 1 N–H and O–H groups in total. The fourth-order valence-corrected chi connectivity index (χ4v) is 2.17. The molecular weight excluding hydrogens is 198 g/mol. The third kappa shape index (κ3) is 3.67. The van der Waals surface area contributed by atoms with Gasteiger partial charge in [-0.2, -0.15) is 0 Å². The van der Waals surface area contributed by atoms with Gasteiger partial charge in [0.1, 0.15) is 11.5 Å². The molecular formula is C14H25NO. The maximum atomic E-state index is 5.76. The summed E-state index contributed by atoms with van der Waals surface area (Å²) in [6.07, 6.45) is 3.34. The van der Waals surface area contributed by atoms with Crippen LogP contribution in [0.4, 0.5) is 0 Å². The van der Waals surface area contributed by atoms with E-state index in [1.54, 1.807) is 0 Å². The Balaban J connectivity index is 2.60. The van der Waals surface area contributed by atoms with E-state index in [-0.39, 0.29) is 11.6 Å². The van der Waals surface area contributed by atoms with Gasteiger partial charge in [-0.3, -0.25) is 0 Å². The van der Waals surface area contributed by atoms with Gasteiger partial charge in [0.25, 0.3) is 0 Å². The highest BCUT2D eigenvalue weighted by Gasteiger charge is 2.21. The van der Waals surface area contributed by atoms with Crippen molar-refractivity contribution in [2.24, 2.45) is 0 Å². The Morgan fingerprint density at radius 1 is 1.31 bits per heavy atom.